The van der Waals surface area contributed by atoms with Crippen LogP contribution in [0.5, 0.6) is 0 Å². The number of rotatable bonds is 7. The summed E-state index contributed by atoms with van der Waals surface area (Å²) in [6, 6.07) is 0.180. The Bertz CT molecular complexity index is 370. The molecule has 0 aromatic carbocycles. The summed E-state index contributed by atoms with van der Waals surface area (Å²) in [6.45, 7) is 0. The highest BCUT2D eigenvalue weighted by Gasteiger charge is 2.23. The Kier molecular flexibility index (Phi) is 6.20. The molecular formula is C14H20N2OS2. The van der Waals surface area contributed by atoms with Gasteiger partial charge in [-0.2, -0.15) is 0 Å². The van der Waals surface area contributed by atoms with Crippen LogP contribution >= 0.6 is 23.5 Å². The van der Waals surface area contributed by atoms with Gasteiger partial charge >= 0.3 is 0 Å². The lowest BCUT2D eigenvalue weighted by molar-refractivity contribution is -0.107. The van der Waals surface area contributed by atoms with Crippen LogP contribution in [0.2, 0.25) is 0 Å². The summed E-state index contributed by atoms with van der Waals surface area (Å²) in [5.41, 5.74) is 0. The molecule has 0 fully saturated rings. The summed E-state index contributed by atoms with van der Waals surface area (Å²) < 4.78 is 0. The van der Waals surface area contributed by atoms with Crippen molar-refractivity contribution in [2.24, 2.45) is 11.8 Å². The van der Waals surface area contributed by atoms with Crippen molar-refractivity contribution in [3.63, 3.8) is 0 Å². The van der Waals surface area contributed by atoms with E-state index < -0.39 is 0 Å². The second-order valence-electron chi connectivity index (χ2n) is 4.82. The third-order valence-corrected chi connectivity index (χ3v) is 5.63. The fraction of sp³-hybridized carbons (Fsp3) is 0.571. The molecule has 3 nitrogen and oxygen atoms in total. The van der Waals surface area contributed by atoms with Crippen LogP contribution in [0, 0.1) is 17.2 Å². The number of thioether (sulfide) groups is 2. The number of aldehydes is 1. The van der Waals surface area contributed by atoms with Crippen LogP contribution in [0.3, 0.4) is 0 Å². The lowest BCUT2D eigenvalue weighted by Crippen LogP contribution is -2.35. The first kappa shape index (κ1) is 14.9. The topological polar surface area (TPSA) is 53.0 Å². The number of hydrogen-bond donors (Lipinski definition) is 2. The van der Waals surface area contributed by atoms with E-state index in [9.17, 15) is 4.79 Å². The number of allylic oxidation sites excluding steroid dienone is 2. The highest BCUT2D eigenvalue weighted by molar-refractivity contribution is 8.03. The van der Waals surface area contributed by atoms with Gasteiger partial charge in [-0.05, 0) is 29.9 Å². The van der Waals surface area contributed by atoms with Gasteiger partial charge in [0.25, 0.3) is 0 Å². The maximum Gasteiger partial charge on any atom is 0.135 e. The Morgan fingerprint density at radius 3 is 3.16 bits per heavy atom. The van der Waals surface area contributed by atoms with Gasteiger partial charge in [-0.15, -0.1) is 23.5 Å². The van der Waals surface area contributed by atoms with Gasteiger partial charge in [-0.25, -0.2) is 0 Å². The molecule has 4 atom stereocenters. The molecule has 0 bridgehead atoms. The van der Waals surface area contributed by atoms with Crippen molar-refractivity contribution in [1.82, 2.24) is 5.32 Å². The van der Waals surface area contributed by atoms with Gasteiger partial charge in [0.1, 0.15) is 6.29 Å². The average molecular weight is 296 g/mol. The SMILES string of the molecule is N=CC1C=CCCC1CSCNC1C=CSC1C=O. The zero-order chi connectivity index (χ0) is 13.5. The molecule has 2 N–H and O–H groups in total. The zero-order valence-corrected chi connectivity index (χ0v) is 12.5. The minimum Gasteiger partial charge on any atom is -0.312 e. The van der Waals surface area contributed by atoms with Crippen LogP contribution in [0.4, 0.5) is 0 Å². The van der Waals surface area contributed by atoms with Crippen LogP contribution in [0.25, 0.3) is 0 Å². The van der Waals surface area contributed by atoms with E-state index in [-0.39, 0.29) is 11.3 Å². The van der Waals surface area contributed by atoms with Gasteiger partial charge < -0.3 is 15.5 Å². The number of nitrogens with one attached hydrogen (secondary N) is 2. The first-order valence-electron chi connectivity index (χ1n) is 6.61. The minimum atomic E-state index is 0.0348. The average Bonchev–Trinajstić information content (AvgIpc) is 2.91. The quantitative estimate of drug-likeness (QED) is 0.249. The van der Waals surface area contributed by atoms with Crippen molar-refractivity contribution in [3.8, 4) is 0 Å². The van der Waals surface area contributed by atoms with Gasteiger partial charge in [0.05, 0.1) is 5.25 Å². The lowest BCUT2D eigenvalue weighted by Gasteiger charge is -2.24. The van der Waals surface area contributed by atoms with Crippen molar-refractivity contribution >= 4 is 36.0 Å². The predicted octanol–water partition coefficient (Wildman–Crippen LogP) is 2.70. The Labute approximate surface area is 123 Å². The predicted molar refractivity (Wildman–Crippen MR) is 85.0 cm³/mol. The van der Waals surface area contributed by atoms with Crippen LogP contribution in [0.1, 0.15) is 12.8 Å². The van der Waals surface area contributed by atoms with E-state index in [1.807, 2.05) is 17.2 Å². The third-order valence-electron chi connectivity index (χ3n) is 3.56. The fourth-order valence-corrected chi connectivity index (χ4v) is 4.36. The summed E-state index contributed by atoms with van der Waals surface area (Å²) in [5, 5.41) is 12.9. The molecule has 2 rings (SSSR count). The van der Waals surface area contributed by atoms with Crippen LogP contribution < -0.4 is 5.32 Å². The molecule has 0 aromatic heterocycles. The Hall–Kier alpha value is -0.520. The van der Waals surface area contributed by atoms with Gasteiger partial charge in [-0.3, -0.25) is 0 Å². The summed E-state index contributed by atoms with van der Waals surface area (Å²) >= 11 is 3.45. The largest absolute Gasteiger partial charge is 0.312 e. The molecule has 1 aliphatic heterocycles. The lowest BCUT2D eigenvalue weighted by atomic mass is 9.86. The van der Waals surface area contributed by atoms with E-state index in [0.29, 0.717) is 11.8 Å². The second kappa shape index (κ2) is 7.92. The van der Waals surface area contributed by atoms with Gasteiger partial charge in [0, 0.05) is 24.1 Å². The Morgan fingerprint density at radius 2 is 2.37 bits per heavy atom. The standard InChI is InChI=1S/C14H20N2OS2/c15-7-11-3-1-2-4-12(11)9-18-10-16-13-5-6-19-14(13)8-17/h1,3,5-8,11-16H,2,4,9-10H2. The van der Waals surface area contributed by atoms with Gasteiger partial charge in [0.15, 0.2) is 0 Å². The summed E-state index contributed by atoms with van der Waals surface area (Å²) in [7, 11) is 0. The second-order valence-corrected chi connectivity index (χ2v) is 6.94. The first-order valence-corrected chi connectivity index (χ1v) is 8.70. The maximum absolute atomic E-state index is 10.8. The number of carbonyl (C=O) groups excluding carboxylic acids is 1. The van der Waals surface area contributed by atoms with Crippen molar-refractivity contribution in [2.75, 3.05) is 11.6 Å². The van der Waals surface area contributed by atoms with E-state index in [1.54, 1.807) is 18.0 Å². The highest BCUT2D eigenvalue weighted by Crippen LogP contribution is 2.27. The Balaban J connectivity index is 1.66. The summed E-state index contributed by atoms with van der Waals surface area (Å²) in [5.74, 6) is 2.84. The van der Waals surface area contributed by atoms with Crippen molar-refractivity contribution in [1.29, 1.82) is 5.41 Å². The molecule has 104 valence electrons. The molecule has 2 aliphatic rings. The molecule has 0 amide bonds. The zero-order valence-electron chi connectivity index (χ0n) is 10.8. The number of hydrogen-bond acceptors (Lipinski definition) is 5. The molecule has 0 aromatic rings. The van der Waals surface area contributed by atoms with Crippen LogP contribution in [0.15, 0.2) is 23.6 Å². The molecule has 0 saturated carbocycles. The third kappa shape index (κ3) is 4.23. The normalized spacial score (nSPS) is 33.5. The molecule has 1 aliphatic carbocycles. The van der Waals surface area contributed by atoms with E-state index >= 15 is 0 Å². The molecule has 4 unspecified atom stereocenters. The van der Waals surface area contributed by atoms with Crippen molar-refractivity contribution in [2.45, 2.75) is 24.1 Å². The number of carbonyl (C=O) groups is 1. The smallest absolute Gasteiger partial charge is 0.135 e. The molecule has 19 heavy (non-hydrogen) atoms. The van der Waals surface area contributed by atoms with Crippen LogP contribution in [-0.2, 0) is 4.79 Å². The van der Waals surface area contributed by atoms with Crippen molar-refractivity contribution < 1.29 is 4.79 Å². The molecular weight excluding hydrogens is 276 g/mol. The van der Waals surface area contributed by atoms with E-state index in [1.165, 1.54) is 6.42 Å². The van der Waals surface area contributed by atoms with E-state index in [2.05, 4.69) is 23.5 Å². The summed E-state index contributed by atoms with van der Waals surface area (Å²) in [6.07, 6.45) is 11.3. The molecule has 5 heteroatoms. The molecule has 0 saturated heterocycles. The fourth-order valence-electron chi connectivity index (χ4n) is 2.38. The molecule has 0 spiro atoms. The van der Waals surface area contributed by atoms with Crippen LogP contribution in [-0.4, -0.2) is 35.4 Å². The highest BCUT2D eigenvalue weighted by atomic mass is 32.2. The minimum absolute atomic E-state index is 0.0348. The summed E-state index contributed by atoms with van der Waals surface area (Å²) in [4.78, 5) is 10.8. The van der Waals surface area contributed by atoms with Crippen molar-refractivity contribution in [3.05, 3.63) is 23.6 Å². The first-order chi connectivity index (χ1) is 9.35. The van der Waals surface area contributed by atoms with Gasteiger partial charge in [-0.1, -0.05) is 18.2 Å². The molecule has 0 radical (unpaired) electrons. The van der Waals surface area contributed by atoms with E-state index in [4.69, 9.17) is 5.41 Å². The van der Waals surface area contributed by atoms with E-state index in [0.717, 1.165) is 24.3 Å². The maximum atomic E-state index is 10.8. The monoisotopic (exact) mass is 296 g/mol. The molecule has 1 heterocycles. The van der Waals surface area contributed by atoms with Gasteiger partial charge in [0.2, 0.25) is 0 Å². The Morgan fingerprint density at radius 1 is 1.47 bits per heavy atom.